The van der Waals surface area contributed by atoms with E-state index in [2.05, 4.69) is 15.0 Å². The van der Waals surface area contributed by atoms with Crippen LogP contribution in [0.4, 0.5) is 5.69 Å². The molecule has 0 atom stereocenters. The zero-order chi connectivity index (χ0) is 17.0. The van der Waals surface area contributed by atoms with Crippen molar-refractivity contribution in [2.75, 3.05) is 5.73 Å². The Bertz CT molecular complexity index is 1200. The van der Waals surface area contributed by atoms with Crippen LogP contribution < -0.4 is 5.73 Å². The van der Waals surface area contributed by atoms with E-state index in [9.17, 15) is 5.11 Å². The Kier molecular flexibility index (Phi) is 2.70. The van der Waals surface area contributed by atoms with Gasteiger partial charge in [0.15, 0.2) is 0 Å². The highest BCUT2D eigenvalue weighted by Gasteiger charge is 2.16. The molecular formula is C19H13N5O. The lowest BCUT2D eigenvalue weighted by molar-refractivity contribution is 0.477. The SMILES string of the molecule is Nc1ccc(O)c(-c2nc3c4cccnc4c4ncccc4c3[nH]2)c1. The smallest absolute Gasteiger partial charge is 0.142 e. The van der Waals surface area contributed by atoms with Gasteiger partial charge >= 0.3 is 0 Å². The second kappa shape index (κ2) is 4.91. The summed E-state index contributed by atoms with van der Waals surface area (Å²) in [5.41, 5.74) is 10.3. The highest BCUT2D eigenvalue weighted by atomic mass is 16.3. The maximum absolute atomic E-state index is 10.2. The van der Waals surface area contributed by atoms with Gasteiger partial charge in [0, 0.05) is 28.9 Å². The summed E-state index contributed by atoms with van der Waals surface area (Å²) >= 11 is 0. The van der Waals surface area contributed by atoms with E-state index in [1.807, 2.05) is 24.3 Å². The molecule has 3 aromatic heterocycles. The molecule has 6 heteroatoms. The number of phenolic OH excluding ortho intramolecular Hbond substituents is 1. The van der Waals surface area contributed by atoms with Crippen molar-refractivity contribution < 1.29 is 5.11 Å². The van der Waals surface area contributed by atoms with E-state index in [0.717, 1.165) is 32.8 Å². The number of nitrogens with zero attached hydrogens (tertiary/aromatic N) is 3. The van der Waals surface area contributed by atoms with Crippen molar-refractivity contribution in [1.82, 2.24) is 19.9 Å². The van der Waals surface area contributed by atoms with Crippen LogP contribution in [0.25, 0.3) is 44.2 Å². The largest absolute Gasteiger partial charge is 0.507 e. The lowest BCUT2D eigenvalue weighted by atomic mass is 10.1. The maximum atomic E-state index is 10.2. The number of aromatic hydroxyl groups is 1. The van der Waals surface area contributed by atoms with Crippen molar-refractivity contribution in [3.8, 4) is 17.1 Å². The minimum absolute atomic E-state index is 0.123. The van der Waals surface area contributed by atoms with Gasteiger partial charge in [0.2, 0.25) is 0 Å². The number of imidazole rings is 1. The number of aromatic nitrogens is 4. The van der Waals surface area contributed by atoms with E-state index in [1.54, 1.807) is 30.6 Å². The van der Waals surface area contributed by atoms with E-state index < -0.39 is 0 Å². The van der Waals surface area contributed by atoms with Gasteiger partial charge in [0.05, 0.1) is 27.6 Å². The lowest BCUT2D eigenvalue weighted by Crippen LogP contribution is -1.87. The second-order valence-electron chi connectivity index (χ2n) is 5.88. The topological polar surface area (TPSA) is 101 Å². The second-order valence-corrected chi connectivity index (χ2v) is 5.88. The molecule has 0 saturated carbocycles. The average molecular weight is 327 g/mol. The van der Waals surface area contributed by atoms with E-state index >= 15 is 0 Å². The number of hydrogen-bond acceptors (Lipinski definition) is 5. The number of anilines is 1. The van der Waals surface area contributed by atoms with E-state index in [4.69, 9.17) is 10.7 Å². The first-order valence-electron chi connectivity index (χ1n) is 7.82. The molecule has 0 aliphatic carbocycles. The Morgan fingerprint density at radius 1 is 0.880 bits per heavy atom. The molecule has 0 fully saturated rings. The monoisotopic (exact) mass is 327 g/mol. The van der Waals surface area contributed by atoms with Crippen molar-refractivity contribution in [3.05, 3.63) is 54.9 Å². The number of nitrogens with one attached hydrogen (secondary N) is 1. The Labute approximate surface area is 142 Å². The average Bonchev–Trinajstić information content (AvgIpc) is 3.09. The number of H-pyrrole nitrogens is 1. The number of nitrogens with two attached hydrogens (primary N) is 1. The van der Waals surface area contributed by atoms with Gasteiger partial charge < -0.3 is 15.8 Å². The molecule has 6 nitrogen and oxygen atoms in total. The summed E-state index contributed by atoms with van der Waals surface area (Å²) in [5.74, 6) is 0.680. The quantitative estimate of drug-likeness (QED) is 0.248. The minimum atomic E-state index is 0.123. The maximum Gasteiger partial charge on any atom is 0.142 e. The number of hydrogen-bond donors (Lipinski definition) is 3. The molecule has 0 unspecified atom stereocenters. The van der Waals surface area contributed by atoms with Gasteiger partial charge in [-0.25, -0.2) is 4.98 Å². The first-order valence-corrected chi connectivity index (χ1v) is 7.82. The van der Waals surface area contributed by atoms with Crippen LogP contribution in [-0.2, 0) is 0 Å². The summed E-state index contributed by atoms with van der Waals surface area (Å²) < 4.78 is 0. The zero-order valence-electron chi connectivity index (χ0n) is 13.1. The summed E-state index contributed by atoms with van der Waals surface area (Å²) in [7, 11) is 0. The fourth-order valence-electron chi connectivity index (χ4n) is 3.21. The molecule has 0 aliphatic rings. The summed E-state index contributed by atoms with van der Waals surface area (Å²) in [5, 5.41) is 12.0. The van der Waals surface area contributed by atoms with Crippen molar-refractivity contribution in [1.29, 1.82) is 0 Å². The number of benzene rings is 2. The number of rotatable bonds is 1. The van der Waals surface area contributed by atoms with Crippen LogP contribution in [0.2, 0.25) is 0 Å². The van der Waals surface area contributed by atoms with Gasteiger partial charge in [-0.1, -0.05) is 0 Å². The number of pyridine rings is 2. The lowest BCUT2D eigenvalue weighted by Gasteiger charge is -2.03. The molecular weight excluding hydrogens is 314 g/mol. The fraction of sp³-hybridized carbons (Fsp3) is 0. The van der Waals surface area contributed by atoms with Gasteiger partial charge in [0.25, 0.3) is 0 Å². The van der Waals surface area contributed by atoms with Gasteiger partial charge in [-0.2, -0.15) is 0 Å². The third-order valence-corrected chi connectivity index (χ3v) is 4.34. The Morgan fingerprint density at radius 3 is 2.40 bits per heavy atom. The molecule has 0 spiro atoms. The number of nitrogen functional groups attached to an aromatic ring is 1. The number of fused-ring (bicyclic) bond motifs is 6. The Balaban J connectivity index is 1.96. The highest BCUT2D eigenvalue weighted by Crippen LogP contribution is 2.35. The standard InChI is InChI=1S/C19H13N5O/c20-10-5-6-14(25)13(9-10)19-23-17-11-3-1-7-21-15(11)16-12(18(17)24-19)4-2-8-22-16/h1-9,25H,20H2,(H,23,24). The highest BCUT2D eigenvalue weighted by molar-refractivity contribution is 6.21. The van der Waals surface area contributed by atoms with Crippen LogP contribution in [0.5, 0.6) is 5.75 Å². The van der Waals surface area contributed by atoms with Crippen LogP contribution >= 0.6 is 0 Å². The van der Waals surface area contributed by atoms with Crippen molar-refractivity contribution in [2.45, 2.75) is 0 Å². The summed E-state index contributed by atoms with van der Waals surface area (Å²) in [6, 6.07) is 12.6. The van der Waals surface area contributed by atoms with E-state index in [1.165, 1.54) is 0 Å². The van der Waals surface area contributed by atoms with Crippen LogP contribution in [-0.4, -0.2) is 25.0 Å². The molecule has 5 rings (SSSR count). The Morgan fingerprint density at radius 2 is 1.60 bits per heavy atom. The third-order valence-electron chi connectivity index (χ3n) is 4.34. The molecule has 5 aromatic rings. The molecule has 0 bridgehead atoms. The van der Waals surface area contributed by atoms with Gasteiger partial charge in [-0.15, -0.1) is 0 Å². The van der Waals surface area contributed by atoms with Crippen LogP contribution in [0.1, 0.15) is 0 Å². The molecule has 0 amide bonds. The normalized spacial score (nSPS) is 11.5. The molecule has 2 aromatic carbocycles. The van der Waals surface area contributed by atoms with Gasteiger partial charge in [-0.3, -0.25) is 9.97 Å². The fourth-order valence-corrected chi connectivity index (χ4v) is 3.21. The molecule has 25 heavy (non-hydrogen) atoms. The van der Waals surface area contributed by atoms with E-state index in [-0.39, 0.29) is 5.75 Å². The summed E-state index contributed by atoms with van der Waals surface area (Å²) in [6.45, 7) is 0. The molecule has 0 aliphatic heterocycles. The Hall–Kier alpha value is -3.67. The first-order chi connectivity index (χ1) is 12.2. The number of phenols is 1. The van der Waals surface area contributed by atoms with E-state index in [0.29, 0.717) is 17.1 Å². The predicted molar refractivity (Wildman–Crippen MR) is 98.2 cm³/mol. The van der Waals surface area contributed by atoms with Crippen LogP contribution in [0.15, 0.2) is 54.9 Å². The van der Waals surface area contributed by atoms with Crippen molar-refractivity contribution in [2.24, 2.45) is 0 Å². The van der Waals surface area contributed by atoms with Crippen LogP contribution in [0, 0.1) is 0 Å². The molecule has 0 saturated heterocycles. The molecule has 0 radical (unpaired) electrons. The zero-order valence-corrected chi connectivity index (χ0v) is 13.1. The number of aromatic amines is 1. The molecule has 120 valence electrons. The van der Waals surface area contributed by atoms with Gasteiger partial charge in [-0.05, 0) is 42.5 Å². The molecule has 4 N–H and O–H groups in total. The summed E-state index contributed by atoms with van der Waals surface area (Å²) in [6.07, 6.45) is 3.50. The summed E-state index contributed by atoms with van der Waals surface area (Å²) in [4.78, 5) is 17.0. The third kappa shape index (κ3) is 1.94. The van der Waals surface area contributed by atoms with Crippen molar-refractivity contribution in [3.63, 3.8) is 0 Å². The first kappa shape index (κ1) is 13.7. The minimum Gasteiger partial charge on any atom is -0.507 e. The van der Waals surface area contributed by atoms with Gasteiger partial charge in [0.1, 0.15) is 11.6 Å². The predicted octanol–water partition coefficient (Wildman–Crippen LogP) is 3.61. The van der Waals surface area contributed by atoms with Crippen molar-refractivity contribution >= 4 is 38.5 Å². The molecule has 3 heterocycles. The van der Waals surface area contributed by atoms with Crippen LogP contribution in [0.3, 0.4) is 0 Å².